The van der Waals surface area contributed by atoms with E-state index >= 15 is 0 Å². The lowest BCUT2D eigenvalue weighted by molar-refractivity contribution is -0.0153. The van der Waals surface area contributed by atoms with Crippen molar-refractivity contribution >= 4 is 34.6 Å². The van der Waals surface area contributed by atoms with Crippen molar-refractivity contribution in [2.45, 2.75) is 50.8 Å². The zero-order valence-corrected chi connectivity index (χ0v) is 19.6. The minimum atomic E-state index is -1.23. The van der Waals surface area contributed by atoms with Crippen molar-refractivity contribution in [3.05, 3.63) is 65.2 Å². The van der Waals surface area contributed by atoms with Crippen molar-refractivity contribution < 1.29 is 24.9 Å². The van der Waals surface area contributed by atoms with Crippen molar-refractivity contribution in [3.63, 3.8) is 0 Å². The van der Waals surface area contributed by atoms with Gasteiger partial charge in [0.15, 0.2) is 6.23 Å². The fourth-order valence-corrected chi connectivity index (χ4v) is 3.81. The van der Waals surface area contributed by atoms with Crippen LogP contribution in [0.15, 0.2) is 49.0 Å². The second kappa shape index (κ2) is 10.1. The first kappa shape index (κ1) is 25.0. The van der Waals surface area contributed by atoms with Crippen molar-refractivity contribution in [1.82, 2.24) is 5.32 Å². The summed E-state index contributed by atoms with van der Waals surface area (Å²) < 4.78 is 5.40. The largest absolute Gasteiger partial charge is 0.394 e. The molecule has 0 aliphatic carbocycles. The number of amides is 2. The molecule has 1 saturated heterocycles. The zero-order valence-electron chi connectivity index (χ0n) is 18.8. The number of ether oxygens (including phenoxy) is 1. The van der Waals surface area contributed by atoms with E-state index in [9.17, 15) is 20.1 Å². The number of carbonyl (C=O) groups is 1. The van der Waals surface area contributed by atoms with Gasteiger partial charge in [0.2, 0.25) is 0 Å². The third-order valence-corrected chi connectivity index (χ3v) is 5.88. The van der Waals surface area contributed by atoms with Crippen LogP contribution in [-0.2, 0) is 10.3 Å². The van der Waals surface area contributed by atoms with E-state index in [4.69, 9.17) is 16.3 Å². The van der Waals surface area contributed by atoms with E-state index in [1.165, 1.54) is 0 Å². The lowest BCUT2D eigenvalue weighted by atomic mass is 9.92. The molecule has 9 heteroatoms. The molecule has 178 valence electrons. The molecule has 0 aromatic heterocycles. The maximum absolute atomic E-state index is 12.6. The highest BCUT2D eigenvalue weighted by molar-refractivity contribution is 6.33. The van der Waals surface area contributed by atoms with Crippen LogP contribution in [0.3, 0.4) is 0 Å². The Kier molecular flexibility index (Phi) is 7.66. The Labute approximate surface area is 198 Å². The van der Waals surface area contributed by atoms with Crippen LogP contribution in [0.1, 0.15) is 31.9 Å². The number of urea groups is 1. The van der Waals surface area contributed by atoms with Crippen molar-refractivity contribution in [2.75, 3.05) is 17.2 Å². The Morgan fingerprint density at radius 1 is 1.18 bits per heavy atom. The molecule has 0 radical (unpaired) electrons. The first-order chi connectivity index (χ1) is 15.5. The summed E-state index contributed by atoms with van der Waals surface area (Å²) in [6.45, 7) is 9.29. The number of rotatable bonds is 7. The van der Waals surface area contributed by atoms with Crippen LogP contribution >= 0.6 is 11.6 Å². The third kappa shape index (κ3) is 5.85. The van der Waals surface area contributed by atoms with Gasteiger partial charge in [-0.2, -0.15) is 0 Å². The van der Waals surface area contributed by atoms with Gasteiger partial charge in [-0.1, -0.05) is 42.0 Å². The van der Waals surface area contributed by atoms with Crippen LogP contribution < -0.4 is 16.0 Å². The number of nitrogens with one attached hydrogen (secondary N) is 3. The highest BCUT2D eigenvalue weighted by Crippen LogP contribution is 2.30. The van der Waals surface area contributed by atoms with Crippen LogP contribution in [0.5, 0.6) is 0 Å². The molecule has 1 aliphatic rings. The molecule has 2 amide bonds. The molecule has 1 fully saturated rings. The molecule has 0 spiro atoms. The third-order valence-electron chi connectivity index (χ3n) is 5.57. The molecular formula is C24H30ClN3O5. The summed E-state index contributed by atoms with van der Waals surface area (Å²) in [5.74, 6) is 0. The van der Waals surface area contributed by atoms with Gasteiger partial charge in [-0.05, 0) is 56.2 Å². The van der Waals surface area contributed by atoms with Crippen molar-refractivity contribution in [3.8, 4) is 0 Å². The number of allylic oxidation sites excluding steroid dienone is 1. The Morgan fingerprint density at radius 3 is 2.52 bits per heavy atom. The van der Waals surface area contributed by atoms with Crippen LogP contribution in [0.25, 0.3) is 5.57 Å². The summed E-state index contributed by atoms with van der Waals surface area (Å²) in [5, 5.41) is 38.0. The van der Waals surface area contributed by atoms with Gasteiger partial charge in [-0.3, -0.25) is 0 Å². The Hall–Kier alpha value is -2.62. The molecule has 2 unspecified atom stereocenters. The van der Waals surface area contributed by atoms with E-state index in [2.05, 4.69) is 22.5 Å². The van der Waals surface area contributed by atoms with Gasteiger partial charge in [0.1, 0.15) is 18.3 Å². The first-order valence-corrected chi connectivity index (χ1v) is 10.9. The summed E-state index contributed by atoms with van der Waals surface area (Å²) in [6, 6.07) is 12.3. The first-order valence-electron chi connectivity index (χ1n) is 10.6. The van der Waals surface area contributed by atoms with Gasteiger partial charge in [0, 0.05) is 5.69 Å². The minimum absolute atomic E-state index is 0.277. The molecule has 6 N–H and O–H groups in total. The standard InChI is InChI=1S/C24H30ClN3O5/c1-13(2)14-6-5-7-15(10-14)24(3,4)28-23(32)26-16-8-9-18(17(25)11-16)27-22-21(31)20(30)19(12-29)33-22/h5-11,19-22,27,29-31H,1,12H2,2-4H3,(H2,26,28,32)/t19?,20-,21+,22?/m0/s1. The number of benzene rings is 2. The zero-order chi connectivity index (χ0) is 24.3. The second-order valence-electron chi connectivity index (χ2n) is 8.66. The molecule has 3 rings (SSSR count). The van der Waals surface area contributed by atoms with Crippen LogP contribution in [0.4, 0.5) is 16.2 Å². The summed E-state index contributed by atoms with van der Waals surface area (Å²) in [7, 11) is 0. The van der Waals surface area contributed by atoms with Crippen molar-refractivity contribution in [2.24, 2.45) is 0 Å². The second-order valence-corrected chi connectivity index (χ2v) is 9.07. The Bertz CT molecular complexity index is 1030. The summed E-state index contributed by atoms with van der Waals surface area (Å²) in [4.78, 5) is 12.6. The van der Waals surface area contributed by atoms with E-state index in [-0.39, 0.29) is 5.02 Å². The van der Waals surface area contributed by atoms with Gasteiger partial charge in [-0.25, -0.2) is 4.79 Å². The number of halogens is 1. The van der Waals surface area contributed by atoms with Gasteiger partial charge in [0.05, 0.1) is 22.9 Å². The Morgan fingerprint density at radius 2 is 1.91 bits per heavy atom. The number of aliphatic hydroxyl groups excluding tert-OH is 3. The lowest BCUT2D eigenvalue weighted by Crippen LogP contribution is -2.43. The molecule has 2 aromatic carbocycles. The van der Waals surface area contributed by atoms with E-state index in [1.807, 2.05) is 45.0 Å². The predicted molar refractivity (Wildman–Crippen MR) is 129 cm³/mol. The number of anilines is 2. The van der Waals surface area contributed by atoms with E-state index in [1.54, 1.807) is 18.2 Å². The molecule has 8 nitrogen and oxygen atoms in total. The Balaban J connectivity index is 1.64. The average molecular weight is 476 g/mol. The van der Waals surface area contributed by atoms with Gasteiger partial charge in [-0.15, -0.1) is 0 Å². The average Bonchev–Trinajstić information content (AvgIpc) is 3.03. The van der Waals surface area contributed by atoms with Crippen LogP contribution in [0.2, 0.25) is 5.02 Å². The molecule has 4 atom stereocenters. The number of hydrogen-bond donors (Lipinski definition) is 6. The lowest BCUT2D eigenvalue weighted by Gasteiger charge is -2.27. The fourth-order valence-electron chi connectivity index (χ4n) is 3.57. The SMILES string of the molecule is C=C(C)c1cccc(C(C)(C)NC(=O)Nc2ccc(NC3OC(CO)[C@H](O)[C@H]3O)c(Cl)c2)c1. The molecule has 0 saturated carbocycles. The molecule has 0 bridgehead atoms. The summed E-state index contributed by atoms with van der Waals surface area (Å²) in [6.07, 6.45) is -4.27. The van der Waals surface area contributed by atoms with Gasteiger partial charge < -0.3 is 36.0 Å². The molecular weight excluding hydrogens is 446 g/mol. The minimum Gasteiger partial charge on any atom is -0.394 e. The summed E-state index contributed by atoms with van der Waals surface area (Å²) in [5.41, 5.74) is 3.16. The predicted octanol–water partition coefficient (Wildman–Crippen LogP) is 3.28. The normalized spacial score (nSPS) is 22.6. The maximum atomic E-state index is 12.6. The highest BCUT2D eigenvalue weighted by Gasteiger charge is 2.42. The summed E-state index contributed by atoms with van der Waals surface area (Å²) >= 11 is 6.33. The molecule has 2 aromatic rings. The van der Waals surface area contributed by atoms with Gasteiger partial charge in [0.25, 0.3) is 0 Å². The number of hydrogen-bond acceptors (Lipinski definition) is 6. The monoisotopic (exact) mass is 475 g/mol. The molecule has 1 heterocycles. The number of aliphatic hydroxyl groups is 3. The van der Waals surface area contributed by atoms with Crippen molar-refractivity contribution in [1.29, 1.82) is 0 Å². The van der Waals surface area contributed by atoms with E-state index < -0.39 is 42.7 Å². The van der Waals surface area contributed by atoms with Crippen LogP contribution in [-0.4, -0.2) is 52.5 Å². The van der Waals surface area contributed by atoms with Gasteiger partial charge >= 0.3 is 6.03 Å². The maximum Gasteiger partial charge on any atom is 0.319 e. The fraction of sp³-hybridized carbons (Fsp3) is 0.375. The smallest absolute Gasteiger partial charge is 0.319 e. The molecule has 1 aliphatic heterocycles. The van der Waals surface area contributed by atoms with E-state index in [0.29, 0.717) is 11.4 Å². The van der Waals surface area contributed by atoms with Crippen LogP contribution in [0, 0.1) is 0 Å². The molecule has 33 heavy (non-hydrogen) atoms. The quantitative estimate of drug-likeness (QED) is 0.365. The number of carbonyl (C=O) groups excluding carboxylic acids is 1. The highest BCUT2D eigenvalue weighted by atomic mass is 35.5. The topological polar surface area (TPSA) is 123 Å². The van der Waals surface area contributed by atoms with E-state index in [0.717, 1.165) is 16.7 Å².